The number of ether oxygens (including phenoxy) is 1. The summed E-state index contributed by atoms with van der Waals surface area (Å²) in [6.07, 6.45) is 5.37. The Bertz CT molecular complexity index is 320. The van der Waals surface area contributed by atoms with Crippen LogP contribution in [0.2, 0.25) is 0 Å². The topological polar surface area (TPSA) is 67.6 Å². The van der Waals surface area contributed by atoms with Crippen molar-refractivity contribution in [3.05, 3.63) is 0 Å². The molecule has 0 spiro atoms. The third kappa shape index (κ3) is 4.16. The lowest BCUT2D eigenvalue weighted by Crippen LogP contribution is -2.40. The smallest absolute Gasteiger partial charge is 0.263 e. The molecule has 2 unspecified atom stereocenters. The summed E-state index contributed by atoms with van der Waals surface area (Å²) < 4.78 is 5.78. The minimum Gasteiger partial charge on any atom is -0.364 e. The molecule has 19 heavy (non-hydrogen) atoms. The number of rotatable bonds is 3. The summed E-state index contributed by atoms with van der Waals surface area (Å²) >= 11 is 0. The average molecular weight is 269 g/mol. The van der Waals surface area contributed by atoms with Crippen LogP contribution in [0.4, 0.5) is 0 Å². The molecule has 0 saturated carbocycles. The summed E-state index contributed by atoms with van der Waals surface area (Å²) in [5, 5.41) is 0. The van der Waals surface area contributed by atoms with E-state index in [1.165, 1.54) is 19.3 Å². The zero-order chi connectivity index (χ0) is 13.9. The molecule has 5 nitrogen and oxygen atoms in total. The molecule has 0 radical (unpaired) electrons. The molecule has 2 aliphatic heterocycles. The maximum Gasteiger partial charge on any atom is 0.263 e. The number of carbonyl (C=O) groups excluding carboxylic acids is 1. The number of nitrogens with one attached hydrogen (secondary N) is 1. The Morgan fingerprint density at radius 2 is 2.16 bits per heavy atom. The molecule has 0 aromatic carbocycles. The molecule has 0 aromatic rings. The van der Waals surface area contributed by atoms with Crippen molar-refractivity contribution in [1.82, 2.24) is 10.3 Å². The van der Waals surface area contributed by atoms with Crippen molar-refractivity contribution in [2.24, 2.45) is 11.3 Å². The van der Waals surface area contributed by atoms with E-state index in [0.717, 1.165) is 32.5 Å². The van der Waals surface area contributed by atoms with E-state index in [9.17, 15) is 4.79 Å². The minimum absolute atomic E-state index is 0.184. The molecule has 0 aromatic heterocycles. The standard InChI is InChI=1S/C14H27N3O2/c1-14(2)6-3-8-17(9-7-14)10-11-4-5-12(19-11)13(18)16-15/h11-12H,3-10,15H2,1-2H3,(H,16,18). The number of amides is 1. The fourth-order valence-corrected chi connectivity index (χ4v) is 3.08. The number of nitrogens with zero attached hydrogens (tertiary/aromatic N) is 1. The first kappa shape index (κ1) is 14.8. The SMILES string of the molecule is CC1(C)CCCN(CC2CCC(C(=O)NN)O2)CC1. The second-order valence-corrected chi connectivity index (χ2v) is 6.65. The summed E-state index contributed by atoms with van der Waals surface area (Å²) in [5.41, 5.74) is 2.64. The third-order valence-electron chi connectivity index (χ3n) is 4.44. The predicted molar refractivity (Wildman–Crippen MR) is 74.3 cm³/mol. The number of hydrazine groups is 1. The van der Waals surface area contributed by atoms with Crippen LogP contribution in [0, 0.1) is 5.41 Å². The van der Waals surface area contributed by atoms with E-state index in [1.807, 2.05) is 0 Å². The molecule has 110 valence electrons. The van der Waals surface area contributed by atoms with E-state index >= 15 is 0 Å². The Balaban J connectivity index is 1.78. The Kier molecular flexibility index (Phi) is 4.81. The monoisotopic (exact) mass is 269 g/mol. The predicted octanol–water partition coefficient (Wildman–Crippen LogP) is 1.04. The summed E-state index contributed by atoms with van der Waals surface area (Å²) in [6, 6.07) is 0. The van der Waals surface area contributed by atoms with Crippen LogP contribution in [0.25, 0.3) is 0 Å². The molecule has 5 heteroatoms. The maximum atomic E-state index is 11.4. The molecule has 1 amide bonds. The van der Waals surface area contributed by atoms with Gasteiger partial charge in [-0.3, -0.25) is 10.2 Å². The van der Waals surface area contributed by atoms with Crippen LogP contribution in [0.5, 0.6) is 0 Å². The summed E-state index contributed by atoms with van der Waals surface area (Å²) in [6.45, 7) is 7.94. The fourth-order valence-electron chi connectivity index (χ4n) is 3.08. The van der Waals surface area contributed by atoms with Crippen LogP contribution in [-0.2, 0) is 9.53 Å². The third-order valence-corrected chi connectivity index (χ3v) is 4.44. The van der Waals surface area contributed by atoms with Gasteiger partial charge in [-0.05, 0) is 50.6 Å². The van der Waals surface area contributed by atoms with Crippen LogP contribution < -0.4 is 11.3 Å². The van der Waals surface area contributed by atoms with Gasteiger partial charge in [-0.1, -0.05) is 13.8 Å². The van der Waals surface area contributed by atoms with Crippen LogP contribution >= 0.6 is 0 Å². The van der Waals surface area contributed by atoms with Gasteiger partial charge in [0.15, 0.2) is 0 Å². The highest BCUT2D eigenvalue weighted by Crippen LogP contribution is 2.30. The molecule has 2 heterocycles. The van der Waals surface area contributed by atoms with E-state index in [2.05, 4.69) is 24.2 Å². The quantitative estimate of drug-likeness (QED) is 0.456. The Hall–Kier alpha value is -0.650. The van der Waals surface area contributed by atoms with Gasteiger partial charge in [0.25, 0.3) is 5.91 Å². The molecular formula is C14H27N3O2. The summed E-state index contributed by atoms with van der Waals surface area (Å²) in [5.74, 6) is 4.95. The first-order chi connectivity index (χ1) is 9.00. The highest BCUT2D eigenvalue weighted by Gasteiger charge is 2.32. The van der Waals surface area contributed by atoms with Gasteiger partial charge in [-0.2, -0.15) is 0 Å². The van der Waals surface area contributed by atoms with Crippen molar-refractivity contribution in [1.29, 1.82) is 0 Å². The fraction of sp³-hybridized carbons (Fsp3) is 0.929. The van der Waals surface area contributed by atoms with E-state index < -0.39 is 0 Å². The first-order valence-electron chi connectivity index (χ1n) is 7.38. The number of hydrogen-bond donors (Lipinski definition) is 2. The van der Waals surface area contributed by atoms with Gasteiger partial charge in [0.1, 0.15) is 6.10 Å². The Labute approximate surface area is 115 Å². The van der Waals surface area contributed by atoms with Crippen molar-refractivity contribution in [3.8, 4) is 0 Å². The lowest BCUT2D eigenvalue weighted by Gasteiger charge is -2.25. The van der Waals surface area contributed by atoms with Crippen LogP contribution in [0.15, 0.2) is 0 Å². The number of likely N-dealkylation sites (tertiary alicyclic amines) is 1. The number of carbonyl (C=O) groups is 1. The second-order valence-electron chi connectivity index (χ2n) is 6.65. The highest BCUT2D eigenvalue weighted by molar-refractivity contribution is 5.80. The molecule has 2 atom stereocenters. The Morgan fingerprint density at radius 1 is 1.37 bits per heavy atom. The molecule has 2 fully saturated rings. The molecular weight excluding hydrogens is 242 g/mol. The van der Waals surface area contributed by atoms with Crippen molar-refractivity contribution in [2.75, 3.05) is 19.6 Å². The molecule has 2 saturated heterocycles. The van der Waals surface area contributed by atoms with Gasteiger partial charge >= 0.3 is 0 Å². The van der Waals surface area contributed by atoms with Crippen LogP contribution in [-0.4, -0.2) is 42.6 Å². The van der Waals surface area contributed by atoms with E-state index in [-0.39, 0.29) is 18.1 Å². The summed E-state index contributed by atoms with van der Waals surface area (Å²) in [7, 11) is 0. The lowest BCUT2D eigenvalue weighted by atomic mass is 9.85. The van der Waals surface area contributed by atoms with Crippen LogP contribution in [0.1, 0.15) is 46.0 Å². The van der Waals surface area contributed by atoms with Gasteiger partial charge < -0.3 is 9.64 Å². The minimum atomic E-state index is -0.349. The van der Waals surface area contributed by atoms with Crippen LogP contribution in [0.3, 0.4) is 0 Å². The zero-order valence-electron chi connectivity index (χ0n) is 12.2. The largest absolute Gasteiger partial charge is 0.364 e. The van der Waals surface area contributed by atoms with Crippen molar-refractivity contribution in [3.63, 3.8) is 0 Å². The molecule has 0 bridgehead atoms. The van der Waals surface area contributed by atoms with Gasteiger partial charge in [0, 0.05) is 6.54 Å². The first-order valence-corrected chi connectivity index (χ1v) is 7.38. The zero-order valence-corrected chi connectivity index (χ0v) is 12.2. The van der Waals surface area contributed by atoms with Crippen molar-refractivity contribution >= 4 is 5.91 Å². The number of nitrogens with two attached hydrogens (primary N) is 1. The van der Waals surface area contributed by atoms with Crippen molar-refractivity contribution in [2.45, 2.75) is 58.2 Å². The van der Waals surface area contributed by atoms with Gasteiger partial charge in [0.2, 0.25) is 0 Å². The lowest BCUT2D eigenvalue weighted by molar-refractivity contribution is -0.132. The average Bonchev–Trinajstić information content (AvgIpc) is 2.76. The molecule has 0 aliphatic carbocycles. The van der Waals surface area contributed by atoms with E-state index in [4.69, 9.17) is 10.6 Å². The van der Waals surface area contributed by atoms with Crippen molar-refractivity contribution < 1.29 is 9.53 Å². The molecule has 2 rings (SSSR count). The van der Waals surface area contributed by atoms with E-state index in [0.29, 0.717) is 5.41 Å². The normalized spacial score (nSPS) is 31.9. The molecule has 2 aliphatic rings. The maximum absolute atomic E-state index is 11.4. The molecule has 3 N–H and O–H groups in total. The second kappa shape index (κ2) is 6.20. The van der Waals surface area contributed by atoms with E-state index in [1.54, 1.807) is 0 Å². The van der Waals surface area contributed by atoms with Gasteiger partial charge in [-0.25, -0.2) is 5.84 Å². The highest BCUT2D eigenvalue weighted by atomic mass is 16.5. The van der Waals surface area contributed by atoms with Gasteiger partial charge in [-0.15, -0.1) is 0 Å². The van der Waals surface area contributed by atoms with Gasteiger partial charge in [0.05, 0.1) is 6.10 Å². The summed E-state index contributed by atoms with van der Waals surface area (Å²) in [4.78, 5) is 13.9. The number of hydrogen-bond acceptors (Lipinski definition) is 4. The Morgan fingerprint density at radius 3 is 2.89 bits per heavy atom.